The number of nitrogens with one attached hydrogen (secondary N) is 2. The predicted molar refractivity (Wildman–Crippen MR) is 85.4 cm³/mol. The van der Waals surface area contributed by atoms with Gasteiger partial charge in [0.25, 0.3) is 5.91 Å². The maximum absolute atomic E-state index is 12.4. The lowest BCUT2D eigenvalue weighted by Crippen LogP contribution is -2.61. The van der Waals surface area contributed by atoms with Crippen LogP contribution in [0, 0.1) is 5.92 Å². The molecular formula is C15H16N4O2S. The third kappa shape index (κ3) is 2.33. The minimum Gasteiger partial charge on any atom is -0.369 e. The highest BCUT2D eigenvalue weighted by molar-refractivity contribution is 7.18. The number of carbonyl (C=O) groups is 2. The van der Waals surface area contributed by atoms with E-state index in [1.54, 1.807) is 26.2 Å². The summed E-state index contributed by atoms with van der Waals surface area (Å²) in [5.74, 6) is -1.22. The number of rotatable bonds is 3. The van der Waals surface area contributed by atoms with Crippen LogP contribution in [-0.2, 0) is 4.79 Å². The maximum atomic E-state index is 12.4. The van der Waals surface area contributed by atoms with Crippen LogP contribution in [0.25, 0.3) is 10.4 Å². The van der Waals surface area contributed by atoms with Crippen LogP contribution in [0.4, 0.5) is 5.69 Å². The summed E-state index contributed by atoms with van der Waals surface area (Å²) in [6, 6.07) is 5.70. The van der Waals surface area contributed by atoms with Crippen molar-refractivity contribution in [3.63, 3.8) is 0 Å². The van der Waals surface area contributed by atoms with E-state index >= 15 is 0 Å². The normalized spacial score (nSPS) is 21.5. The molecule has 2 aromatic heterocycles. The number of carbonyl (C=O) groups excluding carboxylic acids is 2. The highest BCUT2D eigenvalue weighted by Crippen LogP contribution is 2.39. The molecule has 0 saturated carbocycles. The van der Waals surface area contributed by atoms with Crippen LogP contribution in [0.2, 0.25) is 0 Å². The van der Waals surface area contributed by atoms with Gasteiger partial charge in [-0.3, -0.25) is 14.6 Å². The lowest BCUT2D eigenvalue weighted by Gasteiger charge is -2.39. The minimum atomic E-state index is -0.896. The average Bonchev–Trinajstić information content (AvgIpc) is 2.91. The van der Waals surface area contributed by atoms with E-state index in [0.717, 1.165) is 16.1 Å². The Bertz CT molecular complexity index is 743. The fourth-order valence-corrected chi connectivity index (χ4v) is 3.43. The fourth-order valence-electron chi connectivity index (χ4n) is 2.42. The first-order valence-corrected chi connectivity index (χ1v) is 7.66. The third-order valence-electron chi connectivity index (χ3n) is 3.96. The van der Waals surface area contributed by atoms with Gasteiger partial charge in [0, 0.05) is 17.3 Å². The van der Waals surface area contributed by atoms with Crippen molar-refractivity contribution >= 4 is 28.8 Å². The summed E-state index contributed by atoms with van der Waals surface area (Å²) in [5.41, 5.74) is 6.20. The van der Waals surface area contributed by atoms with Crippen molar-refractivity contribution in [1.29, 1.82) is 0 Å². The molecule has 4 N–H and O–H groups in total. The number of anilines is 1. The molecule has 0 aromatic carbocycles. The molecule has 0 spiro atoms. The fraction of sp³-hybridized carbons (Fsp3) is 0.267. The molecule has 2 unspecified atom stereocenters. The van der Waals surface area contributed by atoms with Crippen molar-refractivity contribution in [3.05, 3.63) is 35.5 Å². The number of fused-ring (bicyclic) bond motifs is 1. The van der Waals surface area contributed by atoms with E-state index in [1.165, 1.54) is 11.3 Å². The van der Waals surface area contributed by atoms with Gasteiger partial charge in [0.05, 0.1) is 11.6 Å². The van der Waals surface area contributed by atoms with Crippen LogP contribution in [0.3, 0.4) is 0 Å². The number of primary amides is 1. The monoisotopic (exact) mass is 316 g/mol. The van der Waals surface area contributed by atoms with Crippen molar-refractivity contribution in [3.8, 4) is 10.4 Å². The van der Waals surface area contributed by atoms with Gasteiger partial charge in [-0.25, -0.2) is 0 Å². The number of pyridine rings is 1. The molecule has 6 nitrogen and oxygen atoms in total. The second-order valence-electron chi connectivity index (χ2n) is 5.49. The summed E-state index contributed by atoms with van der Waals surface area (Å²) in [5, 5.41) is 6.08. The molecule has 0 aliphatic carbocycles. The van der Waals surface area contributed by atoms with Crippen molar-refractivity contribution in [2.45, 2.75) is 19.5 Å². The van der Waals surface area contributed by atoms with Crippen molar-refractivity contribution in [2.75, 3.05) is 5.32 Å². The van der Waals surface area contributed by atoms with E-state index in [9.17, 15) is 9.59 Å². The van der Waals surface area contributed by atoms with Gasteiger partial charge in [-0.2, -0.15) is 0 Å². The second-order valence-corrected chi connectivity index (χ2v) is 6.55. The standard InChI is InChI=1S/C15H16N4O2S/c1-8(13(16)20)15(2)18-10-7-11(9-3-5-17-6-4-9)22-12(10)14(21)19-15/h3-8,18H,1-2H3,(H2,16,20)(H,19,21). The molecule has 114 valence electrons. The van der Waals surface area contributed by atoms with Gasteiger partial charge in [-0.1, -0.05) is 0 Å². The highest BCUT2D eigenvalue weighted by Gasteiger charge is 2.41. The van der Waals surface area contributed by atoms with Crippen molar-refractivity contribution in [1.82, 2.24) is 10.3 Å². The van der Waals surface area contributed by atoms with Crippen LogP contribution in [-0.4, -0.2) is 22.5 Å². The molecule has 0 saturated heterocycles. The molecule has 2 aromatic rings. The summed E-state index contributed by atoms with van der Waals surface area (Å²) in [6.07, 6.45) is 3.42. The van der Waals surface area contributed by atoms with Crippen LogP contribution in [0.5, 0.6) is 0 Å². The Morgan fingerprint density at radius 3 is 2.68 bits per heavy atom. The molecule has 0 bridgehead atoms. The summed E-state index contributed by atoms with van der Waals surface area (Å²) in [7, 11) is 0. The smallest absolute Gasteiger partial charge is 0.265 e. The number of thiophene rings is 1. The zero-order chi connectivity index (χ0) is 15.9. The number of aromatic nitrogens is 1. The molecule has 22 heavy (non-hydrogen) atoms. The molecule has 1 aliphatic rings. The number of hydrogen-bond donors (Lipinski definition) is 3. The molecule has 7 heteroatoms. The molecule has 1 aliphatic heterocycles. The van der Waals surface area contributed by atoms with Gasteiger partial charge in [-0.05, 0) is 37.6 Å². The van der Waals surface area contributed by atoms with Crippen LogP contribution in [0.15, 0.2) is 30.6 Å². The van der Waals surface area contributed by atoms with Crippen LogP contribution >= 0.6 is 11.3 Å². The van der Waals surface area contributed by atoms with Gasteiger partial charge in [0.15, 0.2) is 0 Å². The molecule has 3 rings (SSSR count). The molecule has 0 fully saturated rings. The number of nitrogens with zero attached hydrogens (tertiary/aromatic N) is 1. The topological polar surface area (TPSA) is 97.1 Å². The summed E-state index contributed by atoms with van der Waals surface area (Å²) in [4.78, 5) is 29.4. The molecular weight excluding hydrogens is 300 g/mol. The molecule has 2 amide bonds. The Balaban J connectivity index is 1.99. The predicted octanol–water partition coefficient (Wildman–Crippen LogP) is 1.80. The van der Waals surface area contributed by atoms with E-state index in [4.69, 9.17) is 5.73 Å². The second kappa shape index (κ2) is 5.10. The minimum absolute atomic E-state index is 0.199. The Labute approximate surface area is 131 Å². The van der Waals surface area contributed by atoms with E-state index < -0.39 is 17.5 Å². The lowest BCUT2D eigenvalue weighted by molar-refractivity contribution is -0.123. The summed E-state index contributed by atoms with van der Waals surface area (Å²) in [6.45, 7) is 3.45. The lowest BCUT2D eigenvalue weighted by atomic mass is 9.93. The third-order valence-corrected chi connectivity index (χ3v) is 5.15. The molecule has 0 radical (unpaired) electrons. The van der Waals surface area contributed by atoms with Gasteiger partial charge in [0.2, 0.25) is 5.91 Å². The van der Waals surface area contributed by atoms with Gasteiger partial charge in [-0.15, -0.1) is 11.3 Å². The first kappa shape index (κ1) is 14.5. The summed E-state index contributed by atoms with van der Waals surface area (Å²) >= 11 is 1.40. The van der Waals surface area contributed by atoms with Crippen molar-refractivity contribution < 1.29 is 9.59 Å². The zero-order valence-corrected chi connectivity index (χ0v) is 13.0. The van der Waals surface area contributed by atoms with Crippen molar-refractivity contribution in [2.24, 2.45) is 11.7 Å². The van der Waals surface area contributed by atoms with E-state index in [0.29, 0.717) is 4.88 Å². The Morgan fingerprint density at radius 1 is 1.36 bits per heavy atom. The summed E-state index contributed by atoms with van der Waals surface area (Å²) < 4.78 is 0. The maximum Gasteiger partial charge on any atom is 0.265 e. The first-order valence-electron chi connectivity index (χ1n) is 6.85. The van der Waals surface area contributed by atoms with Gasteiger partial charge in [0.1, 0.15) is 10.5 Å². The number of amides is 2. The average molecular weight is 316 g/mol. The zero-order valence-electron chi connectivity index (χ0n) is 12.2. The number of nitrogens with two attached hydrogens (primary N) is 1. The quantitative estimate of drug-likeness (QED) is 0.804. The van der Waals surface area contributed by atoms with Crippen LogP contribution in [0.1, 0.15) is 23.5 Å². The number of hydrogen-bond acceptors (Lipinski definition) is 5. The molecule has 3 heterocycles. The van der Waals surface area contributed by atoms with E-state index in [-0.39, 0.29) is 5.91 Å². The van der Waals surface area contributed by atoms with Gasteiger partial charge < -0.3 is 16.4 Å². The Hall–Kier alpha value is -2.41. The highest BCUT2D eigenvalue weighted by atomic mass is 32.1. The van der Waals surface area contributed by atoms with E-state index in [2.05, 4.69) is 15.6 Å². The molecule has 2 atom stereocenters. The largest absolute Gasteiger partial charge is 0.369 e. The Kier molecular flexibility index (Phi) is 3.37. The SMILES string of the molecule is CC(C(N)=O)C1(C)NC(=O)c2sc(-c3ccncc3)cc2N1. The van der Waals surface area contributed by atoms with E-state index in [1.807, 2.05) is 18.2 Å². The van der Waals surface area contributed by atoms with Crippen LogP contribution < -0.4 is 16.4 Å². The van der Waals surface area contributed by atoms with Gasteiger partial charge >= 0.3 is 0 Å². The first-order chi connectivity index (χ1) is 10.4. The Morgan fingerprint density at radius 2 is 2.05 bits per heavy atom.